The Kier molecular flexibility index (Phi) is 4.71. The number of rotatable bonds is 6. The van der Waals surface area contributed by atoms with Gasteiger partial charge in [0.2, 0.25) is 5.91 Å². The highest BCUT2D eigenvalue weighted by molar-refractivity contribution is 6.30. The van der Waals surface area contributed by atoms with E-state index in [4.69, 9.17) is 11.6 Å². The van der Waals surface area contributed by atoms with Gasteiger partial charge in [-0.05, 0) is 36.5 Å². The molecule has 1 fully saturated rings. The van der Waals surface area contributed by atoms with Gasteiger partial charge in [-0.2, -0.15) is 0 Å². The fourth-order valence-corrected chi connectivity index (χ4v) is 2.59. The predicted molar refractivity (Wildman–Crippen MR) is 80.8 cm³/mol. The van der Waals surface area contributed by atoms with Crippen LogP contribution in [-0.2, 0) is 10.2 Å². The van der Waals surface area contributed by atoms with Crippen LogP contribution in [0.1, 0.15) is 38.7 Å². The van der Waals surface area contributed by atoms with Gasteiger partial charge in [-0.15, -0.1) is 0 Å². The zero-order valence-electron chi connectivity index (χ0n) is 12.0. The maximum absolute atomic E-state index is 12.4. The van der Waals surface area contributed by atoms with E-state index in [1.54, 1.807) is 0 Å². The first kappa shape index (κ1) is 15.3. The molecule has 20 heavy (non-hydrogen) atoms. The second kappa shape index (κ2) is 6.15. The Morgan fingerprint density at radius 3 is 2.75 bits per heavy atom. The molecule has 0 bridgehead atoms. The fourth-order valence-electron chi connectivity index (χ4n) is 2.40. The minimum Gasteiger partial charge on any atom is -0.391 e. The van der Waals surface area contributed by atoms with Gasteiger partial charge in [-0.25, -0.2) is 0 Å². The molecule has 0 aromatic heterocycles. The monoisotopic (exact) mass is 295 g/mol. The minimum absolute atomic E-state index is 0.00196. The van der Waals surface area contributed by atoms with E-state index in [0.717, 1.165) is 24.8 Å². The number of hydrogen-bond donors (Lipinski definition) is 2. The van der Waals surface area contributed by atoms with Gasteiger partial charge in [0.1, 0.15) is 0 Å². The molecule has 0 radical (unpaired) electrons. The van der Waals surface area contributed by atoms with Gasteiger partial charge in [-0.3, -0.25) is 4.79 Å². The van der Waals surface area contributed by atoms with Crippen molar-refractivity contribution in [3.05, 3.63) is 34.9 Å². The molecule has 4 heteroatoms. The number of carbonyl (C=O) groups excluding carboxylic acids is 1. The van der Waals surface area contributed by atoms with Crippen LogP contribution in [0.3, 0.4) is 0 Å². The Hall–Kier alpha value is -1.06. The second-order valence-electron chi connectivity index (χ2n) is 5.76. The van der Waals surface area contributed by atoms with Crippen molar-refractivity contribution >= 4 is 17.5 Å². The summed E-state index contributed by atoms with van der Waals surface area (Å²) >= 11 is 6.00. The third-order valence-corrected chi connectivity index (χ3v) is 4.57. The predicted octanol–water partition coefficient (Wildman–Crippen LogP) is 2.89. The van der Waals surface area contributed by atoms with Gasteiger partial charge in [-0.1, -0.05) is 44.0 Å². The summed E-state index contributed by atoms with van der Waals surface area (Å²) in [5.41, 5.74) is 0.542. The van der Waals surface area contributed by atoms with E-state index in [-0.39, 0.29) is 11.8 Å². The zero-order chi connectivity index (χ0) is 14.8. The molecule has 1 amide bonds. The lowest BCUT2D eigenvalue weighted by Gasteiger charge is -2.21. The zero-order valence-corrected chi connectivity index (χ0v) is 12.8. The summed E-state index contributed by atoms with van der Waals surface area (Å²) in [5, 5.41) is 13.5. The minimum atomic E-state index is -0.487. The molecule has 1 aromatic rings. The van der Waals surface area contributed by atoms with Crippen LogP contribution in [0, 0.1) is 5.92 Å². The molecular weight excluding hydrogens is 274 g/mol. The topological polar surface area (TPSA) is 49.3 Å². The highest BCUT2D eigenvalue weighted by atomic mass is 35.5. The van der Waals surface area contributed by atoms with E-state index in [1.165, 1.54) is 0 Å². The molecule has 1 aromatic carbocycles. The normalized spacial score (nSPS) is 19.2. The number of halogens is 1. The molecule has 0 heterocycles. The third kappa shape index (κ3) is 3.15. The maximum Gasteiger partial charge on any atom is 0.230 e. The van der Waals surface area contributed by atoms with Crippen LogP contribution in [0.2, 0.25) is 5.02 Å². The molecule has 2 unspecified atom stereocenters. The van der Waals surface area contributed by atoms with Gasteiger partial charge < -0.3 is 10.4 Å². The largest absolute Gasteiger partial charge is 0.391 e. The lowest BCUT2D eigenvalue weighted by molar-refractivity contribution is -0.124. The maximum atomic E-state index is 12.4. The number of benzene rings is 1. The average molecular weight is 296 g/mol. The fraction of sp³-hybridized carbons (Fsp3) is 0.562. The molecule has 2 atom stereocenters. The van der Waals surface area contributed by atoms with Crippen molar-refractivity contribution in [2.24, 2.45) is 5.92 Å². The van der Waals surface area contributed by atoms with E-state index >= 15 is 0 Å². The van der Waals surface area contributed by atoms with Crippen LogP contribution in [-0.4, -0.2) is 23.7 Å². The van der Waals surface area contributed by atoms with Gasteiger partial charge in [0.15, 0.2) is 0 Å². The highest BCUT2D eigenvalue weighted by Gasteiger charge is 2.51. The molecule has 2 rings (SSSR count). The van der Waals surface area contributed by atoms with Crippen molar-refractivity contribution in [3.8, 4) is 0 Å². The third-order valence-electron chi connectivity index (χ3n) is 4.33. The molecule has 0 aliphatic heterocycles. The summed E-state index contributed by atoms with van der Waals surface area (Å²) < 4.78 is 0. The number of hydrogen-bond acceptors (Lipinski definition) is 2. The molecule has 0 spiro atoms. The molecule has 1 saturated carbocycles. The number of aliphatic hydroxyl groups is 1. The molecule has 1 aliphatic carbocycles. The molecule has 0 saturated heterocycles. The summed E-state index contributed by atoms with van der Waals surface area (Å²) in [4.78, 5) is 12.4. The van der Waals surface area contributed by atoms with Crippen molar-refractivity contribution in [1.82, 2.24) is 5.32 Å². The van der Waals surface area contributed by atoms with Crippen molar-refractivity contribution < 1.29 is 9.90 Å². The quantitative estimate of drug-likeness (QED) is 0.848. The summed E-state index contributed by atoms with van der Waals surface area (Å²) in [6.45, 7) is 4.33. The summed E-state index contributed by atoms with van der Waals surface area (Å²) in [5.74, 6) is 0.193. The van der Waals surface area contributed by atoms with Gasteiger partial charge in [0.25, 0.3) is 0 Å². The Morgan fingerprint density at radius 2 is 2.20 bits per heavy atom. The standard InChI is InChI=1S/C16H22ClNO2/c1-3-11(2)14(19)10-18-15(20)16(7-8-16)12-5-4-6-13(17)9-12/h4-6,9,11,14,19H,3,7-8,10H2,1-2H3,(H,18,20). The van der Waals surface area contributed by atoms with E-state index in [1.807, 2.05) is 38.1 Å². The van der Waals surface area contributed by atoms with Gasteiger partial charge >= 0.3 is 0 Å². The molecule has 110 valence electrons. The highest BCUT2D eigenvalue weighted by Crippen LogP contribution is 2.48. The Bertz CT molecular complexity index is 485. The van der Waals surface area contributed by atoms with Crippen LogP contribution in [0.25, 0.3) is 0 Å². The van der Waals surface area contributed by atoms with Gasteiger partial charge in [0.05, 0.1) is 11.5 Å². The van der Waals surface area contributed by atoms with E-state index in [2.05, 4.69) is 5.32 Å². The van der Waals surface area contributed by atoms with Crippen molar-refractivity contribution in [1.29, 1.82) is 0 Å². The molecule has 3 nitrogen and oxygen atoms in total. The van der Waals surface area contributed by atoms with Crippen molar-refractivity contribution in [3.63, 3.8) is 0 Å². The number of aliphatic hydroxyl groups excluding tert-OH is 1. The van der Waals surface area contributed by atoms with Crippen molar-refractivity contribution in [2.75, 3.05) is 6.54 Å². The Balaban J connectivity index is 1.99. The molecule has 2 N–H and O–H groups in total. The Morgan fingerprint density at radius 1 is 1.50 bits per heavy atom. The molecule has 1 aliphatic rings. The van der Waals surface area contributed by atoms with E-state index in [9.17, 15) is 9.90 Å². The number of nitrogens with one attached hydrogen (secondary N) is 1. The first-order valence-electron chi connectivity index (χ1n) is 7.22. The number of amides is 1. The van der Waals surface area contributed by atoms with E-state index < -0.39 is 11.5 Å². The van der Waals surface area contributed by atoms with Gasteiger partial charge in [0, 0.05) is 11.6 Å². The molecular formula is C16H22ClNO2. The van der Waals surface area contributed by atoms with Crippen LogP contribution < -0.4 is 5.32 Å². The summed E-state index contributed by atoms with van der Waals surface area (Å²) in [7, 11) is 0. The Labute approximate surface area is 125 Å². The summed E-state index contributed by atoms with van der Waals surface area (Å²) in [6, 6.07) is 7.49. The lowest BCUT2D eigenvalue weighted by atomic mass is 9.94. The first-order valence-corrected chi connectivity index (χ1v) is 7.60. The van der Waals surface area contributed by atoms with Crippen LogP contribution >= 0.6 is 11.6 Å². The second-order valence-corrected chi connectivity index (χ2v) is 6.19. The van der Waals surface area contributed by atoms with Crippen LogP contribution in [0.5, 0.6) is 0 Å². The van der Waals surface area contributed by atoms with Crippen LogP contribution in [0.15, 0.2) is 24.3 Å². The smallest absolute Gasteiger partial charge is 0.230 e. The van der Waals surface area contributed by atoms with Crippen LogP contribution in [0.4, 0.5) is 0 Å². The van der Waals surface area contributed by atoms with E-state index in [0.29, 0.717) is 11.6 Å². The first-order chi connectivity index (χ1) is 9.49. The van der Waals surface area contributed by atoms with Crippen molar-refractivity contribution in [2.45, 2.75) is 44.6 Å². The number of carbonyl (C=O) groups is 1. The lowest BCUT2D eigenvalue weighted by Crippen LogP contribution is -2.40. The summed E-state index contributed by atoms with van der Waals surface area (Å²) in [6.07, 6.45) is 2.10. The average Bonchev–Trinajstić information content (AvgIpc) is 3.25. The SMILES string of the molecule is CCC(C)C(O)CNC(=O)C1(c2cccc(Cl)c2)CC1.